The monoisotopic (exact) mass is 256 g/mol. The normalized spacial score (nSPS) is 10.7. The molecule has 0 aliphatic heterocycles. The number of aromatic nitrogens is 3. The molecule has 90 valence electrons. The third kappa shape index (κ3) is 2.04. The van der Waals surface area contributed by atoms with Crippen molar-refractivity contribution in [1.29, 1.82) is 0 Å². The summed E-state index contributed by atoms with van der Waals surface area (Å²) >= 11 is 1.68. The average molecular weight is 256 g/mol. The third-order valence-corrected chi connectivity index (χ3v) is 3.83. The van der Waals surface area contributed by atoms with Crippen LogP contribution in [0.3, 0.4) is 0 Å². The third-order valence-electron chi connectivity index (χ3n) is 2.74. The summed E-state index contributed by atoms with van der Waals surface area (Å²) in [7, 11) is 0. The lowest BCUT2D eigenvalue weighted by Gasteiger charge is -2.05. The van der Waals surface area contributed by atoms with E-state index < -0.39 is 0 Å². The highest BCUT2D eigenvalue weighted by atomic mass is 32.1. The molecule has 3 heterocycles. The van der Waals surface area contributed by atoms with Crippen LogP contribution < -0.4 is 5.32 Å². The minimum absolute atomic E-state index is 0.742. The van der Waals surface area contributed by atoms with E-state index in [0.717, 1.165) is 22.6 Å². The maximum atomic E-state index is 4.31. The quantitative estimate of drug-likeness (QED) is 0.782. The first kappa shape index (κ1) is 11.1. The number of rotatable bonds is 3. The van der Waals surface area contributed by atoms with Gasteiger partial charge in [0.15, 0.2) is 0 Å². The van der Waals surface area contributed by atoms with Crippen molar-refractivity contribution in [2.75, 3.05) is 5.32 Å². The Hall–Kier alpha value is -2.01. The first-order valence-corrected chi connectivity index (χ1v) is 6.54. The summed E-state index contributed by atoms with van der Waals surface area (Å²) in [5.74, 6) is 0.898. The Morgan fingerprint density at radius 1 is 1.22 bits per heavy atom. The van der Waals surface area contributed by atoms with Gasteiger partial charge in [0.2, 0.25) is 0 Å². The van der Waals surface area contributed by atoms with Crippen LogP contribution in [0.25, 0.3) is 10.2 Å². The fourth-order valence-corrected chi connectivity index (χ4v) is 2.75. The molecule has 0 aromatic carbocycles. The van der Waals surface area contributed by atoms with Gasteiger partial charge >= 0.3 is 0 Å². The van der Waals surface area contributed by atoms with Crippen molar-refractivity contribution in [3.63, 3.8) is 0 Å². The van der Waals surface area contributed by atoms with E-state index in [1.807, 2.05) is 12.1 Å². The van der Waals surface area contributed by atoms with Crippen LogP contribution in [-0.2, 0) is 6.54 Å². The predicted molar refractivity (Wildman–Crippen MR) is 73.7 cm³/mol. The van der Waals surface area contributed by atoms with Gasteiger partial charge in [0, 0.05) is 18.9 Å². The van der Waals surface area contributed by atoms with Crippen LogP contribution in [0, 0.1) is 6.92 Å². The van der Waals surface area contributed by atoms with E-state index in [4.69, 9.17) is 0 Å². The second-order valence-corrected chi connectivity index (χ2v) is 4.91. The van der Waals surface area contributed by atoms with Gasteiger partial charge in [-0.05, 0) is 35.6 Å². The van der Waals surface area contributed by atoms with Gasteiger partial charge in [-0.2, -0.15) is 0 Å². The van der Waals surface area contributed by atoms with Crippen molar-refractivity contribution in [2.24, 2.45) is 0 Å². The molecule has 5 heteroatoms. The summed E-state index contributed by atoms with van der Waals surface area (Å²) in [4.78, 5) is 12.6. The van der Waals surface area contributed by atoms with Crippen molar-refractivity contribution >= 4 is 27.4 Å². The topological polar surface area (TPSA) is 50.7 Å². The van der Waals surface area contributed by atoms with Crippen molar-refractivity contribution in [1.82, 2.24) is 15.0 Å². The molecule has 0 bridgehead atoms. The SMILES string of the molecule is Cc1csc2c(NCc3ccncc3)ncnc12. The Balaban J connectivity index is 1.87. The molecule has 0 saturated carbocycles. The molecule has 0 spiro atoms. The van der Waals surface area contributed by atoms with E-state index in [2.05, 4.69) is 32.6 Å². The minimum Gasteiger partial charge on any atom is -0.365 e. The summed E-state index contributed by atoms with van der Waals surface area (Å²) in [6.45, 7) is 2.81. The molecule has 0 atom stereocenters. The van der Waals surface area contributed by atoms with E-state index in [9.17, 15) is 0 Å². The summed E-state index contributed by atoms with van der Waals surface area (Å²) in [6.07, 6.45) is 5.20. The molecule has 3 aromatic heterocycles. The minimum atomic E-state index is 0.742. The first-order valence-electron chi connectivity index (χ1n) is 5.66. The van der Waals surface area contributed by atoms with Crippen LogP contribution in [-0.4, -0.2) is 15.0 Å². The number of nitrogens with one attached hydrogen (secondary N) is 1. The molecule has 0 unspecified atom stereocenters. The van der Waals surface area contributed by atoms with Crippen molar-refractivity contribution in [3.8, 4) is 0 Å². The summed E-state index contributed by atoms with van der Waals surface area (Å²) in [5.41, 5.74) is 3.42. The van der Waals surface area contributed by atoms with Gasteiger partial charge in [-0.25, -0.2) is 9.97 Å². The standard InChI is InChI=1S/C13H12N4S/c1-9-7-18-12-11(9)16-8-17-13(12)15-6-10-2-4-14-5-3-10/h2-5,7-8H,6H2,1H3,(H,15,16,17). The maximum Gasteiger partial charge on any atom is 0.147 e. The van der Waals surface area contributed by atoms with E-state index in [1.165, 1.54) is 11.1 Å². The molecule has 0 radical (unpaired) electrons. The van der Waals surface area contributed by atoms with E-state index in [1.54, 1.807) is 30.1 Å². The van der Waals surface area contributed by atoms with Crippen molar-refractivity contribution in [3.05, 3.63) is 47.4 Å². The highest BCUT2D eigenvalue weighted by Crippen LogP contribution is 2.28. The van der Waals surface area contributed by atoms with Crippen LogP contribution in [0.1, 0.15) is 11.1 Å². The molecule has 0 aliphatic carbocycles. The molecule has 18 heavy (non-hydrogen) atoms. The maximum absolute atomic E-state index is 4.31. The highest BCUT2D eigenvalue weighted by Gasteiger charge is 2.07. The molecule has 0 amide bonds. The summed E-state index contributed by atoms with van der Waals surface area (Å²) < 4.78 is 1.11. The Morgan fingerprint density at radius 3 is 2.89 bits per heavy atom. The zero-order valence-electron chi connectivity index (χ0n) is 9.92. The zero-order chi connectivity index (χ0) is 12.4. The number of aryl methyl sites for hydroxylation is 1. The molecule has 0 aliphatic rings. The van der Waals surface area contributed by atoms with Gasteiger partial charge in [-0.3, -0.25) is 4.98 Å². The van der Waals surface area contributed by atoms with Crippen LogP contribution in [0.5, 0.6) is 0 Å². The summed E-state index contributed by atoms with van der Waals surface area (Å²) in [5, 5.41) is 5.46. The fourth-order valence-electron chi connectivity index (χ4n) is 1.78. The van der Waals surface area contributed by atoms with E-state index >= 15 is 0 Å². The number of hydrogen-bond donors (Lipinski definition) is 1. The van der Waals surface area contributed by atoms with Gasteiger partial charge in [-0.15, -0.1) is 11.3 Å². The molecular formula is C13H12N4S. The van der Waals surface area contributed by atoms with E-state index in [-0.39, 0.29) is 0 Å². The second kappa shape index (κ2) is 4.70. The molecule has 4 nitrogen and oxygen atoms in total. The number of hydrogen-bond acceptors (Lipinski definition) is 5. The number of anilines is 1. The Bertz CT molecular complexity index is 663. The Kier molecular flexibility index (Phi) is 2.90. The molecule has 0 saturated heterocycles. The molecular weight excluding hydrogens is 244 g/mol. The van der Waals surface area contributed by atoms with Gasteiger partial charge in [0.1, 0.15) is 12.1 Å². The van der Waals surface area contributed by atoms with Crippen molar-refractivity contribution < 1.29 is 0 Å². The number of pyridine rings is 1. The lowest BCUT2D eigenvalue weighted by Crippen LogP contribution is -2.01. The van der Waals surface area contributed by atoms with E-state index in [0.29, 0.717) is 0 Å². The molecule has 3 rings (SSSR count). The Labute approximate surface area is 109 Å². The lowest BCUT2D eigenvalue weighted by molar-refractivity contribution is 1.09. The highest BCUT2D eigenvalue weighted by molar-refractivity contribution is 7.18. The van der Waals surface area contributed by atoms with Crippen molar-refractivity contribution in [2.45, 2.75) is 13.5 Å². The molecule has 3 aromatic rings. The Morgan fingerprint density at radius 2 is 2.06 bits per heavy atom. The number of nitrogens with zero attached hydrogens (tertiary/aromatic N) is 3. The predicted octanol–water partition coefficient (Wildman–Crippen LogP) is 3.01. The zero-order valence-corrected chi connectivity index (χ0v) is 10.7. The van der Waals surface area contributed by atoms with Gasteiger partial charge in [0.25, 0.3) is 0 Å². The smallest absolute Gasteiger partial charge is 0.147 e. The van der Waals surface area contributed by atoms with Gasteiger partial charge in [0.05, 0.1) is 10.2 Å². The molecule has 0 fully saturated rings. The van der Waals surface area contributed by atoms with Gasteiger partial charge < -0.3 is 5.32 Å². The second-order valence-electron chi connectivity index (χ2n) is 4.03. The average Bonchev–Trinajstić information content (AvgIpc) is 2.80. The van der Waals surface area contributed by atoms with Gasteiger partial charge in [-0.1, -0.05) is 0 Å². The fraction of sp³-hybridized carbons (Fsp3) is 0.154. The lowest BCUT2D eigenvalue weighted by atomic mass is 10.2. The summed E-state index contributed by atoms with van der Waals surface area (Å²) in [6, 6.07) is 3.98. The number of thiophene rings is 1. The number of fused-ring (bicyclic) bond motifs is 1. The van der Waals surface area contributed by atoms with Crippen LogP contribution in [0.2, 0.25) is 0 Å². The van der Waals surface area contributed by atoms with Crippen LogP contribution in [0.4, 0.5) is 5.82 Å². The molecule has 1 N–H and O–H groups in total. The largest absolute Gasteiger partial charge is 0.365 e. The van der Waals surface area contributed by atoms with Crippen LogP contribution >= 0.6 is 11.3 Å². The first-order chi connectivity index (χ1) is 8.84. The van der Waals surface area contributed by atoms with Crippen LogP contribution in [0.15, 0.2) is 36.2 Å².